The fourth-order valence-corrected chi connectivity index (χ4v) is 3.53. The molecule has 2 N–H and O–H groups in total. The van der Waals surface area contributed by atoms with Gasteiger partial charge in [-0.1, -0.05) is 44.0 Å². The molecule has 1 rings (SSSR count). The van der Waals surface area contributed by atoms with Crippen LogP contribution in [0.3, 0.4) is 0 Å². The van der Waals surface area contributed by atoms with E-state index in [-0.39, 0.29) is 18.2 Å². The Morgan fingerprint density at radius 2 is 1.62 bits per heavy atom. The standard InChI is InChI=1S/C25H38Cl2N2O5/c1-24(2,3)21(23(32)28-7)29-22(31)16(14-20(30)34-25(4,5)6)10-8-9-13-33-17-11-12-18(26)19(27)15-17/h11-12,15-16,21H,8-10,13-14H2,1-7H3,(H,28,32)(H,29,31)/t16-,21+/m0/s1. The number of carbonyl (C=O) groups excluding carboxylic acids is 3. The third kappa shape index (κ3) is 11.0. The van der Waals surface area contributed by atoms with Gasteiger partial charge >= 0.3 is 5.97 Å². The maximum Gasteiger partial charge on any atom is 0.307 e. The number of benzene rings is 1. The number of amides is 2. The summed E-state index contributed by atoms with van der Waals surface area (Å²) in [5.74, 6) is -1.11. The summed E-state index contributed by atoms with van der Waals surface area (Å²) in [5, 5.41) is 6.30. The SMILES string of the molecule is CNC(=O)[C@@H](NC(=O)[C@@H](CCCCOc1ccc(Cl)c(Cl)c1)CC(=O)OC(C)(C)C)C(C)(C)C. The van der Waals surface area contributed by atoms with E-state index >= 15 is 0 Å². The van der Waals surface area contributed by atoms with E-state index in [1.54, 1.807) is 39.0 Å². The fraction of sp³-hybridized carbons (Fsp3) is 0.640. The van der Waals surface area contributed by atoms with Gasteiger partial charge in [0.2, 0.25) is 11.8 Å². The molecule has 0 bridgehead atoms. The predicted molar refractivity (Wildman–Crippen MR) is 135 cm³/mol. The quantitative estimate of drug-likeness (QED) is 0.312. The van der Waals surface area contributed by atoms with Crippen molar-refractivity contribution >= 4 is 41.0 Å². The number of likely N-dealkylation sites (N-methyl/N-ethyl adjacent to an activating group) is 1. The number of nitrogens with one attached hydrogen (secondary N) is 2. The number of hydrogen-bond donors (Lipinski definition) is 2. The molecule has 2 amide bonds. The highest BCUT2D eigenvalue weighted by molar-refractivity contribution is 6.42. The van der Waals surface area contributed by atoms with Crippen LogP contribution in [0, 0.1) is 11.3 Å². The summed E-state index contributed by atoms with van der Waals surface area (Å²) in [4.78, 5) is 37.9. The minimum Gasteiger partial charge on any atom is -0.494 e. The van der Waals surface area contributed by atoms with Crippen molar-refractivity contribution in [3.05, 3.63) is 28.2 Å². The van der Waals surface area contributed by atoms with E-state index in [0.717, 1.165) is 0 Å². The van der Waals surface area contributed by atoms with Crippen LogP contribution in [0.5, 0.6) is 5.75 Å². The lowest BCUT2D eigenvalue weighted by Gasteiger charge is -2.31. The minimum atomic E-state index is -0.732. The predicted octanol–water partition coefficient (Wildman–Crippen LogP) is 5.17. The molecule has 0 aliphatic heterocycles. The molecule has 1 aromatic rings. The molecular weight excluding hydrogens is 479 g/mol. The minimum absolute atomic E-state index is 0.0681. The molecule has 0 saturated carbocycles. The van der Waals surface area contributed by atoms with Gasteiger partial charge in [0, 0.05) is 19.0 Å². The van der Waals surface area contributed by atoms with Crippen LogP contribution >= 0.6 is 23.2 Å². The number of ether oxygens (including phenoxy) is 2. The van der Waals surface area contributed by atoms with E-state index < -0.39 is 28.9 Å². The molecule has 0 aliphatic carbocycles. The molecule has 0 heterocycles. The van der Waals surface area contributed by atoms with Crippen molar-refractivity contribution in [2.24, 2.45) is 11.3 Å². The summed E-state index contributed by atoms with van der Waals surface area (Å²) in [5.41, 5.74) is -1.15. The van der Waals surface area contributed by atoms with Gasteiger partial charge in [-0.3, -0.25) is 14.4 Å². The van der Waals surface area contributed by atoms with E-state index in [1.165, 1.54) is 7.05 Å². The van der Waals surface area contributed by atoms with Crippen LogP contribution in [0.1, 0.15) is 67.2 Å². The second kappa shape index (κ2) is 13.2. The van der Waals surface area contributed by atoms with Gasteiger partial charge in [-0.15, -0.1) is 0 Å². The third-order valence-corrected chi connectivity index (χ3v) is 5.71. The molecule has 0 fully saturated rings. The Morgan fingerprint density at radius 3 is 2.15 bits per heavy atom. The first kappa shape index (κ1) is 30.0. The highest BCUT2D eigenvalue weighted by atomic mass is 35.5. The zero-order valence-corrected chi connectivity index (χ0v) is 22.7. The Morgan fingerprint density at radius 1 is 0.971 bits per heavy atom. The smallest absolute Gasteiger partial charge is 0.307 e. The second-order valence-electron chi connectivity index (χ2n) is 10.3. The van der Waals surface area contributed by atoms with Gasteiger partial charge in [-0.2, -0.15) is 0 Å². The van der Waals surface area contributed by atoms with Crippen molar-refractivity contribution in [1.29, 1.82) is 0 Å². The van der Waals surface area contributed by atoms with E-state index in [4.69, 9.17) is 32.7 Å². The van der Waals surface area contributed by atoms with Crippen molar-refractivity contribution in [3.63, 3.8) is 0 Å². The molecule has 0 unspecified atom stereocenters. The first-order chi connectivity index (χ1) is 15.6. The first-order valence-corrected chi connectivity index (χ1v) is 12.2. The van der Waals surface area contributed by atoms with Crippen LogP contribution in [0.15, 0.2) is 18.2 Å². The van der Waals surface area contributed by atoms with Gasteiger partial charge < -0.3 is 20.1 Å². The Kier molecular flexibility index (Phi) is 11.7. The Bertz CT molecular complexity index is 847. The maximum absolute atomic E-state index is 13.1. The monoisotopic (exact) mass is 516 g/mol. The number of rotatable bonds is 11. The molecule has 192 valence electrons. The van der Waals surface area contributed by atoms with Crippen LogP contribution in [-0.2, 0) is 19.1 Å². The maximum atomic E-state index is 13.1. The molecular formula is C25H38Cl2N2O5. The zero-order valence-electron chi connectivity index (χ0n) is 21.2. The van der Waals surface area contributed by atoms with Crippen LogP contribution < -0.4 is 15.4 Å². The van der Waals surface area contributed by atoms with Crippen LogP contribution in [0.4, 0.5) is 0 Å². The largest absolute Gasteiger partial charge is 0.494 e. The topological polar surface area (TPSA) is 93.7 Å². The molecule has 0 aromatic heterocycles. The molecule has 0 saturated heterocycles. The lowest BCUT2D eigenvalue weighted by molar-refractivity contribution is -0.157. The summed E-state index contributed by atoms with van der Waals surface area (Å²) in [6.07, 6.45) is 1.68. The molecule has 0 spiro atoms. The van der Waals surface area contributed by atoms with Crippen LogP contribution in [0.2, 0.25) is 10.0 Å². The average molecular weight is 517 g/mol. The van der Waals surface area contributed by atoms with Crippen molar-refractivity contribution < 1.29 is 23.9 Å². The Labute approximate surface area is 213 Å². The molecule has 2 atom stereocenters. The number of esters is 1. The van der Waals surface area contributed by atoms with Gasteiger partial charge in [0.1, 0.15) is 17.4 Å². The summed E-state index contributed by atoms with van der Waals surface area (Å²) < 4.78 is 11.1. The Hall–Kier alpha value is -1.99. The molecule has 7 nitrogen and oxygen atoms in total. The van der Waals surface area contributed by atoms with Gasteiger partial charge in [-0.05, 0) is 57.6 Å². The summed E-state index contributed by atoms with van der Waals surface area (Å²) in [6, 6.07) is 4.31. The lowest BCUT2D eigenvalue weighted by atomic mass is 9.85. The molecule has 34 heavy (non-hydrogen) atoms. The second-order valence-corrected chi connectivity index (χ2v) is 11.1. The highest BCUT2D eigenvalue weighted by Gasteiger charge is 2.34. The van der Waals surface area contributed by atoms with E-state index in [2.05, 4.69) is 10.6 Å². The summed E-state index contributed by atoms with van der Waals surface area (Å²) >= 11 is 11.9. The van der Waals surface area contributed by atoms with E-state index in [0.29, 0.717) is 41.7 Å². The van der Waals surface area contributed by atoms with Gasteiger partial charge in [-0.25, -0.2) is 0 Å². The van der Waals surface area contributed by atoms with Gasteiger partial charge in [0.15, 0.2) is 0 Å². The van der Waals surface area contributed by atoms with Gasteiger partial charge in [0.05, 0.1) is 23.1 Å². The average Bonchev–Trinajstić information content (AvgIpc) is 2.70. The van der Waals surface area contributed by atoms with Crippen molar-refractivity contribution in [2.45, 2.75) is 78.9 Å². The van der Waals surface area contributed by atoms with Crippen molar-refractivity contribution in [1.82, 2.24) is 10.6 Å². The van der Waals surface area contributed by atoms with Gasteiger partial charge in [0.25, 0.3) is 0 Å². The summed E-state index contributed by atoms with van der Waals surface area (Å²) in [6.45, 7) is 11.4. The van der Waals surface area contributed by atoms with E-state index in [9.17, 15) is 14.4 Å². The number of halogens is 2. The molecule has 0 aliphatic rings. The number of carbonyl (C=O) groups is 3. The number of hydrogen-bond acceptors (Lipinski definition) is 5. The normalized spacial score (nSPS) is 13.6. The van der Waals surface area contributed by atoms with Crippen molar-refractivity contribution in [2.75, 3.05) is 13.7 Å². The van der Waals surface area contributed by atoms with E-state index in [1.807, 2.05) is 20.8 Å². The first-order valence-electron chi connectivity index (χ1n) is 11.5. The molecule has 1 aromatic carbocycles. The molecule has 0 radical (unpaired) electrons. The Balaban J connectivity index is 2.78. The van der Waals surface area contributed by atoms with Crippen LogP contribution in [0.25, 0.3) is 0 Å². The highest BCUT2D eigenvalue weighted by Crippen LogP contribution is 2.27. The zero-order chi connectivity index (χ0) is 26.1. The third-order valence-electron chi connectivity index (χ3n) is 4.97. The van der Waals surface area contributed by atoms with Crippen molar-refractivity contribution in [3.8, 4) is 5.75 Å². The lowest BCUT2D eigenvalue weighted by Crippen LogP contribution is -2.54. The van der Waals surface area contributed by atoms with Crippen LogP contribution in [-0.4, -0.2) is 43.1 Å². The fourth-order valence-electron chi connectivity index (χ4n) is 3.24. The number of unbranched alkanes of at least 4 members (excludes halogenated alkanes) is 1. The summed E-state index contributed by atoms with van der Waals surface area (Å²) in [7, 11) is 1.53. The molecule has 9 heteroatoms.